The minimum absolute atomic E-state index is 0.810. The molecule has 1 atom stereocenters. The van der Waals surface area contributed by atoms with Crippen molar-refractivity contribution < 1.29 is 5.11 Å². The molecule has 0 bridgehead atoms. The highest BCUT2D eigenvalue weighted by Crippen LogP contribution is 2.43. The van der Waals surface area contributed by atoms with Crippen LogP contribution in [0.15, 0.2) is 89.4 Å². The highest BCUT2D eigenvalue weighted by Gasteiger charge is 2.33. The molecule has 3 aromatic rings. The van der Waals surface area contributed by atoms with Crippen LogP contribution in [-0.4, -0.2) is 5.11 Å². The van der Waals surface area contributed by atoms with Crippen molar-refractivity contribution in [2.45, 2.75) is 38.7 Å². The number of unbranched alkanes of at least 4 members (excludes halogenated alkanes) is 2. The second-order valence-corrected chi connectivity index (χ2v) is 8.29. The van der Waals surface area contributed by atoms with Gasteiger partial charge in [-0.2, -0.15) is 0 Å². The maximum Gasteiger partial charge on any atom is 0.115 e. The molecule has 30 heavy (non-hydrogen) atoms. The van der Waals surface area contributed by atoms with E-state index in [0.717, 1.165) is 51.6 Å². The van der Waals surface area contributed by atoms with Crippen LogP contribution in [0.4, 0.5) is 0 Å². The molecule has 0 spiro atoms. The van der Waals surface area contributed by atoms with Gasteiger partial charge in [0.15, 0.2) is 0 Å². The quantitative estimate of drug-likeness (QED) is 0.230. The van der Waals surface area contributed by atoms with Crippen molar-refractivity contribution in [2.75, 3.05) is 0 Å². The molecule has 0 aliphatic carbocycles. The van der Waals surface area contributed by atoms with E-state index in [4.69, 9.17) is 0 Å². The van der Waals surface area contributed by atoms with Gasteiger partial charge in [0.05, 0.1) is 0 Å². The lowest BCUT2D eigenvalue weighted by Gasteiger charge is -2.30. The van der Waals surface area contributed by atoms with Gasteiger partial charge < -0.3 is 5.11 Å². The SMILES string of the molecule is CCCCC#C/C(=C(/c1ccccc1)C(C)(O)c1ccccc1Br)c1ccccc1. The summed E-state index contributed by atoms with van der Waals surface area (Å²) >= 11 is 3.63. The molecule has 1 nitrogen and oxygen atoms in total. The normalized spacial score (nSPS) is 13.6. The Bertz CT molecular complexity index is 1050. The molecule has 0 saturated heterocycles. The van der Waals surface area contributed by atoms with Crippen LogP contribution < -0.4 is 0 Å². The second kappa shape index (κ2) is 10.4. The topological polar surface area (TPSA) is 20.2 Å². The van der Waals surface area contributed by atoms with E-state index in [2.05, 4.69) is 46.8 Å². The van der Waals surface area contributed by atoms with Crippen LogP contribution in [0.3, 0.4) is 0 Å². The number of hydrogen-bond acceptors (Lipinski definition) is 1. The van der Waals surface area contributed by atoms with Gasteiger partial charge in [-0.3, -0.25) is 0 Å². The average molecular weight is 459 g/mol. The van der Waals surface area contributed by atoms with Crippen LogP contribution in [0.5, 0.6) is 0 Å². The molecular weight excluding hydrogens is 432 g/mol. The van der Waals surface area contributed by atoms with Gasteiger partial charge in [0.25, 0.3) is 0 Å². The van der Waals surface area contributed by atoms with Crippen LogP contribution in [-0.2, 0) is 5.60 Å². The summed E-state index contributed by atoms with van der Waals surface area (Å²) in [7, 11) is 0. The van der Waals surface area contributed by atoms with Gasteiger partial charge in [-0.05, 0) is 30.5 Å². The van der Waals surface area contributed by atoms with Crippen LogP contribution in [0.25, 0.3) is 11.1 Å². The molecular formula is C28H27BrO. The third-order valence-corrected chi connectivity index (χ3v) is 5.82. The van der Waals surface area contributed by atoms with Gasteiger partial charge in [0.1, 0.15) is 5.60 Å². The number of hydrogen-bond donors (Lipinski definition) is 1. The van der Waals surface area contributed by atoms with Crippen molar-refractivity contribution in [3.8, 4) is 11.8 Å². The minimum Gasteiger partial charge on any atom is -0.381 e. The summed E-state index contributed by atoms with van der Waals surface area (Å²) < 4.78 is 0.870. The van der Waals surface area contributed by atoms with Crippen LogP contribution in [0.2, 0.25) is 0 Å². The number of halogens is 1. The Balaban J connectivity index is 2.33. The molecule has 152 valence electrons. The lowest BCUT2D eigenvalue weighted by atomic mass is 9.79. The summed E-state index contributed by atoms with van der Waals surface area (Å²) in [6.45, 7) is 4.02. The molecule has 0 radical (unpaired) electrons. The molecule has 0 fully saturated rings. The lowest BCUT2D eigenvalue weighted by Crippen LogP contribution is -2.25. The zero-order chi connectivity index (χ0) is 21.4. The van der Waals surface area contributed by atoms with E-state index in [1.807, 2.05) is 79.7 Å². The molecule has 3 aromatic carbocycles. The number of rotatable bonds is 6. The van der Waals surface area contributed by atoms with E-state index in [1.165, 1.54) is 0 Å². The van der Waals surface area contributed by atoms with Gasteiger partial charge in [0.2, 0.25) is 0 Å². The molecule has 0 aromatic heterocycles. The number of aliphatic hydroxyl groups is 1. The monoisotopic (exact) mass is 458 g/mol. The predicted molar refractivity (Wildman–Crippen MR) is 131 cm³/mol. The zero-order valence-corrected chi connectivity index (χ0v) is 19.1. The van der Waals surface area contributed by atoms with E-state index in [-0.39, 0.29) is 0 Å². The van der Waals surface area contributed by atoms with Crippen molar-refractivity contribution in [1.29, 1.82) is 0 Å². The van der Waals surface area contributed by atoms with Crippen molar-refractivity contribution >= 4 is 27.1 Å². The molecule has 0 heterocycles. The molecule has 0 aliphatic heterocycles. The Morgan fingerprint density at radius 1 is 0.867 bits per heavy atom. The molecule has 1 unspecified atom stereocenters. The van der Waals surface area contributed by atoms with Gasteiger partial charge in [0, 0.05) is 27.6 Å². The van der Waals surface area contributed by atoms with Crippen molar-refractivity contribution in [3.05, 3.63) is 106 Å². The van der Waals surface area contributed by atoms with E-state index in [0.29, 0.717) is 0 Å². The van der Waals surface area contributed by atoms with E-state index >= 15 is 0 Å². The Morgan fingerprint density at radius 2 is 1.43 bits per heavy atom. The third kappa shape index (κ3) is 5.11. The molecule has 1 N–H and O–H groups in total. The summed E-state index contributed by atoms with van der Waals surface area (Å²) in [4.78, 5) is 0. The maximum absolute atomic E-state index is 12.0. The van der Waals surface area contributed by atoms with Gasteiger partial charge >= 0.3 is 0 Å². The average Bonchev–Trinajstić information content (AvgIpc) is 2.77. The van der Waals surface area contributed by atoms with Crippen molar-refractivity contribution in [1.82, 2.24) is 0 Å². The molecule has 3 rings (SSSR count). The zero-order valence-electron chi connectivity index (χ0n) is 17.5. The maximum atomic E-state index is 12.0. The molecule has 0 saturated carbocycles. The number of allylic oxidation sites excluding steroid dienone is 1. The number of benzene rings is 3. The van der Waals surface area contributed by atoms with E-state index in [1.54, 1.807) is 0 Å². The third-order valence-electron chi connectivity index (χ3n) is 5.13. The Hall–Kier alpha value is -2.60. The van der Waals surface area contributed by atoms with E-state index < -0.39 is 5.60 Å². The summed E-state index contributed by atoms with van der Waals surface area (Å²) in [6, 6.07) is 28.0. The smallest absolute Gasteiger partial charge is 0.115 e. The van der Waals surface area contributed by atoms with Crippen LogP contribution >= 0.6 is 15.9 Å². The second-order valence-electron chi connectivity index (χ2n) is 7.44. The molecule has 2 heteroatoms. The largest absolute Gasteiger partial charge is 0.381 e. The minimum atomic E-state index is -1.24. The molecule has 0 amide bonds. The lowest BCUT2D eigenvalue weighted by molar-refractivity contribution is 0.122. The highest BCUT2D eigenvalue weighted by molar-refractivity contribution is 9.10. The van der Waals surface area contributed by atoms with Crippen molar-refractivity contribution in [3.63, 3.8) is 0 Å². The van der Waals surface area contributed by atoms with Crippen LogP contribution in [0, 0.1) is 11.8 Å². The van der Waals surface area contributed by atoms with Gasteiger partial charge in [-0.15, -0.1) is 0 Å². The first-order valence-corrected chi connectivity index (χ1v) is 11.2. The predicted octanol–water partition coefficient (Wildman–Crippen LogP) is 7.46. The summed E-state index contributed by atoms with van der Waals surface area (Å²) in [6.07, 6.45) is 3.02. The first-order chi connectivity index (χ1) is 14.6. The van der Waals surface area contributed by atoms with Gasteiger partial charge in [-0.25, -0.2) is 0 Å². The first-order valence-electron chi connectivity index (χ1n) is 10.4. The first kappa shape index (κ1) is 22.1. The fourth-order valence-corrected chi connectivity index (χ4v) is 4.23. The molecule has 0 aliphatic rings. The van der Waals surface area contributed by atoms with Crippen molar-refractivity contribution in [2.24, 2.45) is 0 Å². The Kier molecular flexibility index (Phi) is 7.69. The van der Waals surface area contributed by atoms with Gasteiger partial charge in [-0.1, -0.05) is 120 Å². The van der Waals surface area contributed by atoms with E-state index in [9.17, 15) is 5.11 Å². The fourth-order valence-electron chi connectivity index (χ4n) is 3.56. The highest BCUT2D eigenvalue weighted by atomic mass is 79.9. The summed E-state index contributed by atoms with van der Waals surface area (Å²) in [5.74, 6) is 6.76. The van der Waals surface area contributed by atoms with Crippen LogP contribution in [0.1, 0.15) is 49.8 Å². The fraction of sp³-hybridized carbons (Fsp3) is 0.214. The summed E-state index contributed by atoms with van der Waals surface area (Å²) in [5.41, 5.74) is 3.21. The Morgan fingerprint density at radius 3 is 2.03 bits per heavy atom. The summed E-state index contributed by atoms with van der Waals surface area (Å²) in [5, 5.41) is 12.0. The standard InChI is InChI=1S/C28H27BrO/c1-3-4-5-12-19-24(22-15-8-6-9-16-22)27(23-17-10-7-11-18-23)28(2,30)25-20-13-14-21-26(25)29/h6-11,13-18,20-21,30H,3-5H2,1-2H3/b27-24+. The Labute approximate surface area is 188 Å².